The zero-order valence-electron chi connectivity index (χ0n) is 13.3. The molecular weight excluding hydrogens is 365 g/mol. The third-order valence-electron chi connectivity index (χ3n) is 4.25. The highest BCUT2D eigenvalue weighted by Gasteiger charge is 2.45. The van der Waals surface area contributed by atoms with E-state index in [0.717, 1.165) is 5.56 Å². The first-order chi connectivity index (χ1) is 11.8. The zero-order valence-corrected chi connectivity index (χ0v) is 14.9. The lowest BCUT2D eigenvalue weighted by molar-refractivity contribution is 0.525. The molecule has 8 heteroatoms. The molecule has 2 atom stereocenters. The van der Waals surface area contributed by atoms with Crippen molar-refractivity contribution in [2.75, 3.05) is 11.5 Å². The van der Waals surface area contributed by atoms with Gasteiger partial charge in [0.15, 0.2) is 19.7 Å². The second-order valence-corrected chi connectivity index (χ2v) is 10.4. The third kappa shape index (κ3) is 4.08. The summed E-state index contributed by atoms with van der Waals surface area (Å²) in [6, 6.07) is 12.9. The van der Waals surface area contributed by atoms with Gasteiger partial charge in [0.2, 0.25) is 0 Å². The molecule has 0 saturated carbocycles. The summed E-state index contributed by atoms with van der Waals surface area (Å²) in [5, 5.41) is 1.98. The fraction of sp³-hybridized carbons (Fsp3) is 0.294. The fourth-order valence-corrected chi connectivity index (χ4v) is 7.69. The molecule has 0 aliphatic carbocycles. The summed E-state index contributed by atoms with van der Waals surface area (Å²) in [5.41, 5.74) is 0.751. The first-order valence-corrected chi connectivity index (χ1v) is 11.1. The maximum absolute atomic E-state index is 13.0. The van der Waals surface area contributed by atoms with Gasteiger partial charge >= 0.3 is 0 Å². The van der Waals surface area contributed by atoms with E-state index in [1.54, 1.807) is 30.3 Å². The Labute approximate surface area is 146 Å². The van der Waals surface area contributed by atoms with E-state index in [2.05, 4.69) is 5.32 Å². The number of hydrogen-bond acceptors (Lipinski definition) is 5. The van der Waals surface area contributed by atoms with Crippen LogP contribution in [0.3, 0.4) is 0 Å². The van der Waals surface area contributed by atoms with E-state index in [1.807, 2.05) is 0 Å². The first-order valence-electron chi connectivity index (χ1n) is 7.75. The molecule has 0 radical (unpaired) electrons. The Hall–Kier alpha value is -1.77. The smallest absolute Gasteiger partial charge is 0.183 e. The molecule has 2 aromatic rings. The van der Waals surface area contributed by atoms with Crippen LogP contribution in [-0.4, -0.2) is 39.6 Å². The van der Waals surface area contributed by atoms with E-state index >= 15 is 0 Å². The molecule has 0 bridgehead atoms. The van der Waals surface area contributed by atoms with Gasteiger partial charge in [-0.1, -0.05) is 30.3 Å². The molecule has 3 rings (SSSR count). The summed E-state index contributed by atoms with van der Waals surface area (Å²) in [6.07, 6.45) is 0. The van der Waals surface area contributed by atoms with E-state index in [0.29, 0.717) is 0 Å². The molecule has 0 spiro atoms. The SMILES string of the molecule is O=S1(=O)C[C@H](NCc2ccc(F)cc2)[C@@H](S(=O)(=O)c2ccccc2)C1. The lowest BCUT2D eigenvalue weighted by Gasteiger charge is -2.20. The third-order valence-corrected chi connectivity index (χ3v) is 8.42. The predicted octanol–water partition coefficient (Wildman–Crippen LogP) is 1.55. The van der Waals surface area contributed by atoms with Crippen LogP contribution in [0.25, 0.3) is 0 Å². The Morgan fingerprint density at radius 3 is 2.28 bits per heavy atom. The Balaban J connectivity index is 1.83. The van der Waals surface area contributed by atoms with Crippen LogP contribution < -0.4 is 5.32 Å². The first kappa shape index (κ1) is 18.0. The second kappa shape index (κ2) is 6.86. The van der Waals surface area contributed by atoms with Gasteiger partial charge in [-0.05, 0) is 29.8 Å². The van der Waals surface area contributed by atoms with Gasteiger partial charge in [-0.25, -0.2) is 21.2 Å². The highest BCUT2D eigenvalue weighted by atomic mass is 32.2. The second-order valence-electron chi connectivity index (χ2n) is 6.09. The van der Waals surface area contributed by atoms with E-state index in [1.165, 1.54) is 24.3 Å². The largest absolute Gasteiger partial charge is 0.308 e. The number of benzene rings is 2. The summed E-state index contributed by atoms with van der Waals surface area (Å²) >= 11 is 0. The highest BCUT2D eigenvalue weighted by Crippen LogP contribution is 2.26. The van der Waals surface area contributed by atoms with E-state index < -0.39 is 36.7 Å². The minimum Gasteiger partial charge on any atom is -0.308 e. The Bertz CT molecular complexity index is 942. The molecule has 0 unspecified atom stereocenters. The molecule has 0 amide bonds. The van der Waals surface area contributed by atoms with Crippen LogP contribution in [0.2, 0.25) is 0 Å². The van der Waals surface area contributed by atoms with Gasteiger partial charge < -0.3 is 5.32 Å². The van der Waals surface area contributed by atoms with Crippen molar-refractivity contribution in [3.05, 3.63) is 66.0 Å². The van der Waals surface area contributed by atoms with Gasteiger partial charge in [0.05, 0.1) is 21.7 Å². The van der Waals surface area contributed by atoms with Crippen LogP contribution in [0.5, 0.6) is 0 Å². The van der Waals surface area contributed by atoms with E-state index in [9.17, 15) is 21.2 Å². The van der Waals surface area contributed by atoms with Crippen molar-refractivity contribution in [3.63, 3.8) is 0 Å². The molecule has 25 heavy (non-hydrogen) atoms. The normalized spacial score (nSPS) is 22.8. The fourth-order valence-electron chi connectivity index (χ4n) is 2.95. The van der Waals surface area contributed by atoms with Crippen LogP contribution in [0.15, 0.2) is 59.5 Å². The van der Waals surface area contributed by atoms with Crippen molar-refractivity contribution in [1.29, 1.82) is 0 Å². The molecule has 2 aromatic carbocycles. The standard InChI is InChI=1S/C17H18FNO4S2/c18-14-8-6-13(7-9-14)10-19-16-11-24(20,21)12-17(16)25(22,23)15-4-2-1-3-5-15/h1-9,16-17,19H,10-12H2/t16-,17-/m0/s1. The molecule has 134 valence electrons. The van der Waals surface area contributed by atoms with Crippen molar-refractivity contribution >= 4 is 19.7 Å². The van der Waals surface area contributed by atoms with E-state index in [4.69, 9.17) is 0 Å². The number of hydrogen-bond donors (Lipinski definition) is 1. The lowest BCUT2D eigenvalue weighted by Crippen LogP contribution is -2.43. The van der Waals surface area contributed by atoms with Crippen molar-refractivity contribution in [1.82, 2.24) is 5.32 Å². The molecule has 1 aliphatic heterocycles. The molecular formula is C17H18FNO4S2. The summed E-state index contributed by atoms with van der Waals surface area (Å²) in [5.74, 6) is -0.993. The van der Waals surface area contributed by atoms with Gasteiger partial charge in [-0.15, -0.1) is 0 Å². The Morgan fingerprint density at radius 2 is 1.64 bits per heavy atom. The van der Waals surface area contributed by atoms with Crippen LogP contribution in [-0.2, 0) is 26.2 Å². The molecule has 1 saturated heterocycles. The predicted molar refractivity (Wildman–Crippen MR) is 93.1 cm³/mol. The highest BCUT2D eigenvalue weighted by molar-refractivity contribution is 7.96. The van der Waals surface area contributed by atoms with Crippen LogP contribution in [0, 0.1) is 5.82 Å². The topological polar surface area (TPSA) is 80.3 Å². The Kier molecular flexibility index (Phi) is 4.95. The molecule has 5 nitrogen and oxygen atoms in total. The van der Waals surface area contributed by atoms with Gasteiger partial charge in [0.1, 0.15) is 5.82 Å². The summed E-state index contributed by atoms with van der Waals surface area (Å²) < 4.78 is 62.7. The monoisotopic (exact) mass is 383 g/mol. The van der Waals surface area contributed by atoms with Crippen molar-refractivity contribution in [3.8, 4) is 0 Å². The molecule has 1 fully saturated rings. The molecule has 1 heterocycles. The minimum atomic E-state index is -3.77. The van der Waals surface area contributed by atoms with E-state index in [-0.39, 0.29) is 23.0 Å². The minimum absolute atomic E-state index is 0.116. The van der Waals surface area contributed by atoms with Crippen molar-refractivity contribution < 1.29 is 21.2 Å². The Morgan fingerprint density at radius 1 is 1.00 bits per heavy atom. The van der Waals surface area contributed by atoms with Crippen LogP contribution in [0.1, 0.15) is 5.56 Å². The molecule has 1 N–H and O–H groups in total. The zero-order chi connectivity index (χ0) is 18.1. The average Bonchev–Trinajstić information content (AvgIpc) is 2.91. The number of nitrogens with one attached hydrogen (secondary N) is 1. The number of sulfone groups is 2. The van der Waals surface area contributed by atoms with Gasteiger partial charge in [-0.3, -0.25) is 0 Å². The van der Waals surface area contributed by atoms with Gasteiger partial charge in [-0.2, -0.15) is 0 Å². The van der Waals surface area contributed by atoms with Crippen molar-refractivity contribution in [2.45, 2.75) is 22.7 Å². The van der Waals surface area contributed by atoms with Crippen LogP contribution in [0.4, 0.5) is 4.39 Å². The molecule has 0 aromatic heterocycles. The summed E-state index contributed by atoms with van der Waals surface area (Å²) in [6.45, 7) is 0.265. The summed E-state index contributed by atoms with van der Waals surface area (Å²) in [4.78, 5) is 0.116. The maximum Gasteiger partial charge on any atom is 0.183 e. The lowest BCUT2D eigenvalue weighted by atomic mass is 10.2. The maximum atomic E-state index is 13.0. The van der Waals surface area contributed by atoms with Gasteiger partial charge in [0, 0.05) is 12.6 Å². The van der Waals surface area contributed by atoms with Crippen LogP contribution >= 0.6 is 0 Å². The quantitative estimate of drug-likeness (QED) is 0.847. The number of rotatable bonds is 5. The molecule has 1 aliphatic rings. The van der Waals surface area contributed by atoms with Crippen molar-refractivity contribution in [2.24, 2.45) is 0 Å². The summed E-state index contributed by atoms with van der Waals surface area (Å²) in [7, 11) is -7.22. The average molecular weight is 383 g/mol. The van der Waals surface area contributed by atoms with Gasteiger partial charge in [0.25, 0.3) is 0 Å². The number of halogens is 1.